The number of aryl methyl sites for hydroxylation is 1. The van der Waals surface area contributed by atoms with E-state index in [-0.39, 0.29) is 0 Å². The lowest BCUT2D eigenvalue weighted by molar-refractivity contribution is 0.547. The molecular formula is C17H23N3. The number of anilines is 2. The summed E-state index contributed by atoms with van der Waals surface area (Å²) in [5.41, 5.74) is 10.1. The van der Waals surface area contributed by atoms with Crippen molar-refractivity contribution in [2.45, 2.75) is 32.6 Å². The molecule has 0 atom stereocenters. The number of hydrogen-bond acceptors (Lipinski definition) is 3. The van der Waals surface area contributed by atoms with E-state index in [1.165, 1.54) is 31.4 Å². The predicted molar refractivity (Wildman–Crippen MR) is 86.1 cm³/mol. The minimum Gasteiger partial charge on any atom is -0.399 e. The summed E-state index contributed by atoms with van der Waals surface area (Å²) < 4.78 is 0. The number of rotatable bonds is 3. The molecule has 2 N–H and O–H groups in total. The Morgan fingerprint density at radius 1 is 1.25 bits per heavy atom. The quantitative estimate of drug-likeness (QED) is 0.863. The number of nitrogen functional groups attached to an aromatic ring is 1. The second-order valence-corrected chi connectivity index (χ2v) is 6.09. The first-order chi connectivity index (χ1) is 9.63. The first-order valence-corrected chi connectivity index (χ1v) is 7.51. The minimum atomic E-state index is 0.804. The van der Waals surface area contributed by atoms with Gasteiger partial charge in [-0.15, -0.1) is 0 Å². The van der Waals surface area contributed by atoms with Crippen LogP contribution in [0.5, 0.6) is 0 Å². The summed E-state index contributed by atoms with van der Waals surface area (Å²) >= 11 is 0. The Kier molecular flexibility index (Phi) is 3.51. The standard InChI is InChI=1S/C17H23N3/c1-12-9-17(20(2)11-13-5-3-4-6-13)15-10-14(18)7-8-16(15)19-12/h7-10,13H,3-6,11,18H2,1-2H3. The van der Waals surface area contributed by atoms with Crippen LogP contribution < -0.4 is 10.6 Å². The second kappa shape index (κ2) is 5.31. The van der Waals surface area contributed by atoms with E-state index in [4.69, 9.17) is 5.73 Å². The van der Waals surface area contributed by atoms with E-state index >= 15 is 0 Å². The predicted octanol–water partition coefficient (Wildman–Crippen LogP) is 3.75. The summed E-state index contributed by atoms with van der Waals surface area (Å²) in [6.45, 7) is 3.19. The van der Waals surface area contributed by atoms with Crippen molar-refractivity contribution in [3.05, 3.63) is 30.0 Å². The Morgan fingerprint density at radius 2 is 2.00 bits per heavy atom. The zero-order valence-electron chi connectivity index (χ0n) is 12.4. The molecule has 2 aromatic rings. The molecule has 0 radical (unpaired) electrons. The van der Waals surface area contributed by atoms with Gasteiger partial charge in [-0.25, -0.2) is 0 Å². The van der Waals surface area contributed by atoms with Crippen LogP contribution in [0.3, 0.4) is 0 Å². The molecule has 0 aliphatic heterocycles. The summed E-state index contributed by atoms with van der Waals surface area (Å²) in [4.78, 5) is 6.99. The van der Waals surface area contributed by atoms with E-state index in [0.29, 0.717) is 0 Å². The van der Waals surface area contributed by atoms with Crippen molar-refractivity contribution in [3.8, 4) is 0 Å². The van der Waals surface area contributed by atoms with Gasteiger partial charge in [0.05, 0.1) is 5.52 Å². The van der Waals surface area contributed by atoms with Gasteiger partial charge < -0.3 is 10.6 Å². The molecule has 1 aromatic heterocycles. The lowest BCUT2D eigenvalue weighted by atomic mass is 10.1. The van der Waals surface area contributed by atoms with Crippen LogP contribution in [0.25, 0.3) is 10.9 Å². The molecule has 1 fully saturated rings. The molecule has 1 saturated carbocycles. The third kappa shape index (κ3) is 2.58. The summed E-state index contributed by atoms with van der Waals surface area (Å²) in [6.07, 6.45) is 5.52. The summed E-state index contributed by atoms with van der Waals surface area (Å²) in [7, 11) is 2.19. The normalized spacial score (nSPS) is 15.9. The summed E-state index contributed by atoms with van der Waals surface area (Å²) in [6, 6.07) is 8.17. The van der Waals surface area contributed by atoms with Crippen LogP contribution in [0.15, 0.2) is 24.3 Å². The number of aromatic nitrogens is 1. The number of benzene rings is 1. The van der Waals surface area contributed by atoms with Gasteiger partial charge in [0.1, 0.15) is 0 Å². The lowest BCUT2D eigenvalue weighted by Gasteiger charge is -2.25. The van der Waals surface area contributed by atoms with Crippen molar-refractivity contribution < 1.29 is 0 Å². The fraction of sp³-hybridized carbons (Fsp3) is 0.471. The maximum Gasteiger partial charge on any atom is 0.0727 e. The largest absolute Gasteiger partial charge is 0.399 e. The molecule has 3 heteroatoms. The molecule has 0 amide bonds. The fourth-order valence-corrected chi connectivity index (χ4v) is 3.35. The Bertz CT molecular complexity index is 615. The van der Waals surface area contributed by atoms with Gasteiger partial charge in [0, 0.05) is 36.0 Å². The highest BCUT2D eigenvalue weighted by molar-refractivity contribution is 5.93. The average Bonchev–Trinajstić information content (AvgIpc) is 2.91. The van der Waals surface area contributed by atoms with Gasteiger partial charge >= 0.3 is 0 Å². The van der Waals surface area contributed by atoms with Crippen LogP contribution in [-0.2, 0) is 0 Å². The first-order valence-electron chi connectivity index (χ1n) is 7.51. The molecule has 20 heavy (non-hydrogen) atoms. The first kappa shape index (κ1) is 13.2. The smallest absolute Gasteiger partial charge is 0.0727 e. The molecule has 1 heterocycles. The van der Waals surface area contributed by atoms with E-state index in [9.17, 15) is 0 Å². The van der Waals surface area contributed by atoms with E-state index in [1.54, 1.807) is 0 Å². The minimum absolute atomic E-state index is 0.804. The van der Waals surface area contributed by atoms with Crippen LogP contribution in [0.2, 0.25) is 0 Å². The molecule has 3 nitrogen and oxygen atoms in total. The molecule has 1 aromatic carbocycles. The van der Waals surface area contributed by atoms with Crippen molar-refractivity contribution in [2.24, 2.45) is 5.92 Å². The van der Waals surface area contributed by atoms with Gasteiger partial charge in [-0.2, -0.15) is 0 Å². The van der Waals surface area contributed by atoms with Crippen molar-refractivity contribution in [2.75, 3.05) is 24.2 Å². The highest BCUT2D eigenvalue weighted by atomic mass is 15.1. The third-order valence-electron chi connectivity index (χ3n) is 4.36. The zero-order valence-corrected chi connectivity index (χ0v) is 12.4. The lowest BCUT2D eigenvalue weighted by Crippen LogP contribution is -2.24. The van der Waals surface area contributed by atoms with Gasteiger partial charge in [-0.1, -0.05) is 12.8 Å². The third-order valence-corrected chi connectivity index (χ3v) is 4.36. The molecule has 0 bridgehead atoms. The average molecular weight is 269 g/mol. The highest BCUT2D eigenvalue weighted by Crippen LogP contribution is 2.31. The SMILES string of the molecule is Cc1cc(N(C)CC2CCCC2)c2cc(N)ccc2n1. The van der Waals surface area contributed by atoms with Crippen LogP contribution >= 0.6 is 0 Å². The molecule has 3 rings (SSSR count). The van der Waals surface area contributed by atoms with E-state index < -0.39 is 0 Å². The summed E-state index contributed by atoms with van der Waals surface area (Å²) in [5.74, 6) is 0.838. The Balaban J connectivity index is 1.97. The van der Waals surface area contributed by atoms with E-state index in [0.717, 1.165) is 34.7 Å². The Labute approximate surface area is 120 Å². The van der Waals surface area contributed by atoms with Crippen molar-refractivity contribution >= 4 is 22.3 Å². The van der Waals surface area contributed by atoms with Crippen LogP contribution in [-0.4, -0.2) is 18.6 Å². The Hall–Kier alpha value is -1.77. The molecule has 106 valence electrons. The maximum atomic E-state index is 5.95. The fourth-order valence-electron chi connectivity index (χ4n) is 3.35. The second-order valence-electron chi connectivity index (χ2n) is 6.09. The highest BCUT2D eigenvalue weighted by Gasteiger charge is 2.18. The number of fused-ring (bicyclic) bond motifs is 1. The Morgan fingerprint density at radius 3 is 2.75 bits per heavy atom. The molecule has 1 aliphatic carbocycles. The number of hydrogen-bond donors (Lipinski definition) is 1. The van der Waals surface area contributed by atoms with Gasteiger partial charge in [0.15, 0.2) is 0 Å². The van der Waals surface area contributed by atoms with Crippen molar-refractivity contribution in [1.29, 1.82) is 0 Å². The van der Waals surface area contributed by atoms with Crippen molar-refractivity contribution in [3.63, 3.8) is 0 Å². The topological polar surface area (TPSA) is 42.1 Å². The van der Waals surface area contributed by atoms with Gasteiger partial charge in [0.2, 0.25) is 0 Å². The van der Waals surface area contributed by atoms with Gasteiger partial charge in [-0.05, 0) is 49.9 Å². The maximum absolute atomic E-state index is 5.95. The number of pyridine rings is 1. The molecule has 0 saturated heterocycles. The van der Waals surface area contributed by atoms with Crippen molar-refractivity contribution in [1.82, 2.24) is 4.98 Å². The monoisotopic (exact) mass is 269 g/mol. The zero-order chi connectivity index (χ0) is 14.1. The molecule has 0 spiro atoms. The van der Waals surface area contributed by atoms with Crippen LogP contribution in [0.1, 0.15) is 31.4 Å². The van der Waals surface area contributed by atoms with E-state index in [2.05, 4.69) is 29.9 Å². The number of nitrogens with zero attached hydrogens (tertiary/aromatic N) is 2. The molecular weight excluding hydrogens is 246 g/mol. The molecule has 0 unspecified atom stereocenters. The van der Waals surface area contributed by atoms with Crippen LogP contribution in [0, 0.1) is 12.8 Å². The van der Waals surface area contributed by atoms with Gasteiger partial charge in [-0.3, -0.25) is 4.98 Å². The van der Waals surface area contributed by atoms with Crippen LogP contribution in [0.4, 0.5) is 11.4 Å². The van der Waals surface area contributed by atoms with Gasteiger partial charge in [0.25, 0.3) is 0 Å². The molecule has 1 aliphatic rings. The number of nitrogens with two attached hydrogens (primary N) is 1. The van der Waals surface area contributed by atoms with E-state index in [1.807, 2.05) is 18.2 Å². The summed E-state index contributed by atoms with van der Waals surface area (Å²) in [5, 5.41) is 1.16.